The minimum Gasteiger partial charge on any atom is -0.336 e. The third kappa shape index (κ3) is 4.49. The minimum absolute atomic E-state index is 0. The lowest BCUT2D eigenvalue weighted by Crippen LogP contribution is -2.49. The third-order valence-electron chi connectivity index (χ3n) is 4.74. The molecular weight excluding hydrogens is 364 g/mol. The number of halogens is 1. The van der Waals surface area contributed by atoms with Gasteiger partial charge in [-0.15, -0.1) is 12.4 Å². The van der Waals surface area contributed by atoms with Crippen LogP contribution in [0.25, 0.3) is 11.1 Å². The summed E-state index contributed by atoms with van der Waals surface area (Å²) in [7, 11) is -3.67. The summed E-state index contributed by atoms with van der Waals surface area (Å²) in [6.45, 7) is 2.18. The van der Waals surface area contributed by atoms with E-state index in [0.717, 1.165) is 25.7 Å². The highest BCUT2D eigenvalue weighted by atomic mass is 35.5. The predicted molar refractivity (Wildman–Crippen MR) is 98.2 cm³/mol. The molecule has 2 aromatic heterocycles. The SMILES string of the molecule is CCc1noc2ncc(S(=O)(=O)NCC3(N)CCCCCC3)cc12.Cl. The van der Waals surface area contributed by atoms with Gasteiger partial charge in [0, 0.05) is 12.1 Å². The molecule has 2 heterocycles. The molecule has 140 valence electrons. The van der Waals surface area contributed by atoms with Gasteiger partial charge in [0.25, 0.3) is 5.71 Å². The molecule has 0 amide bonds. The van der Waals surface area contributed by atoms with Crippen LogP contribution in [0.3, 0.4) is 0 Å². The standard InChI is InChI=1S/C16H24N4O3S.ClH/c1-2-14-13-9-12(10-18-15(13)23-20-14)24(21,22)19-11-16(17)7-5-3-4-6-8-16;/h9-10,19H,2-8,11,17H2,1H3;1H. The number of nitrogens with one attached hydrogen (secondary N) is 1. The number of aryl methyl sites for hydroxylation is 1. The largest absolute Gasteiger partial charge is 0.336 e. The maximum absolute atomic E-state index is 12.6. The summed E-state index contributed by atoms with van der Waals surface area (Å²) in [5.74, 6) is 0. The second-order valence-electron chi connectivity index (χ2n) is 6.61. The zero-order valence-corrected chi connectivity index (χ0v) is 16.0. The number of nitrogens with two attached hydrogens (primary N) is 1. The van der Waals surface area contributed by atoms with Crippen LogP contribution in [-0.2, 0) is 16.4 Å². The normalized spacial score (nSPS) is 17.8. The Hall–Kier alpha value is -1.22. The van der Waals surface area contributed by atoms with E-state index >= 15 is 0 Å². The molecule has 0 atom stereocenters. The third-order valence-corrected chi connectivity index (χ3v) is 6.11. The second-order valence-corrected chi connectivity index (χ2v) is 8.37. The van der Waals surface area contributed by atoms with Crippen LogP contribution in [0, 0.1) is 0 Å². The summed E-state index contributed by atoms with van der Waals surface area (Å²) >= 11 is 0. The van der Waals surface area contributed by atoms with Crippen molar-refractivity contribution in [3.8, 4) is 0 Å². The summed E-state index contributed by atoms with van der Waals surface area (Å²) in [6, 6.07) is 1.57. The van der Waals surface area contributed by atoms with E-state index in [-0.39, 0.29) is 23.8 Å². The lowest BCUT2D eigenvalue weighted by Gasteiger charge is -2.28. The molecular formula is C16H25ClN4O3S. The maximum Gasteiger partial charge on any atom is 0.258 e. The van der Waals surface area contributed by atoms with E-state index < -0.39 is 15.6 Å². The van der Waals surface area contributed by atoms with Gasteiger partial charge in [-0.2, -0.15) is 0 Å². The Morgan fingerprint density at radius 1 is 1.28 bits per heavy atom. The van der Waals surface area contributed by atoms with E-state index in [4.69, 9.17) is 10.3 Å². The van der Waals surface area contributed by atoms with Crippen molar-refractivity contribution in [1.29, 1.82) is 0 Å². The van der Waals surface area contributed by atoms with Gasteiger partial charge in [0.1, 0.15) is 4.90 Å². The van der Waals surface area contributed by atoms with Crippen molar-refractivity contribution >= 4 is 33.5 Å². The Kier molecular flexibility index (Phi) is 6.42. The number of rotatable bonds is 5. The Bertz CT molecular complexity index is 814. The van der Waals surface area contributed by atoms with Crippen molar-refractivity contribution in [2.75, 3.05) is 6.54 Å². The summed E-state index contributed by atoms with van der Waals surface area (Å²) in [6.07, 6.45) is 8.07. The summed E-state index contributed by atoms with van der Waals surface area (Å²) in [4.78, 5) is 4.18. The Balaban J connectivity index is 0.00000225. The number of sulfonamides is 1. The second kappa shape index (κ2) is 7.99. The first kappa shape index (κ1) is 20.1. The Labute approximate surface area is 154 Å². The number of pyridine rings is 1. The highest BCUT2D eigenvalue weighted by Crippen LogP contribution is 2.25. The van der Waals surface area contributed by atoms with E-state index in [1.807, 2.05) is 6.92 Å². The summed E-state index contributed by atoms with van der Waals surface area (Å²) < 4.78 is 33.0. The van der Waals surface area contributed by atoms with Crippen LogP contribution in [-0.4, -0.2) is 30.6 Å². The van der Waals surface area contributed by atoms with Gasteiger partial charge < -0.3 is 10.3 Å². The highest BCUT2D eigenvalue weighted by molar-refractivity contribution is 7.89. The zero-order valence-electron chi connectivity index (χ0n) is 14.3. The molecule has 0 saturated heterocycles. The molecule has 0 unspecified atom stereocenters. The quantitative estimate of drug-likeness (QED) is 0.761. The lowest BCUT2D eigenvalue weighted by molar-refractivity contribution is 0.369. The average molecular weight is 389 g/mol. The molecule has 0 aromatic carbocycles. The van der Waals surface area contributed by atoms with Crippen molar-refractivity contribution in [3.05, 3.63) is 18.0 Å². The molecule has 25 heavy (non-hydrogen) atoms. The van der Waals surface area contributed by atoms with Gasteiger partial charge in [0.2, 0.25) is 10.0 Å². The molecule has 9 heteroatoms. The van der Waals surface area contributed by atoms with Gasteiger partial charge >= 0.3 is 0 Å². The molecule has 3 rings (SSSR count). The lowest BCUT2D eigenvalue weighted by atomic mass is 9.92. The molecule has 1 fully saturated rings. The van der Waals surface area contributed by atoms with Crippen LogP contribution in [0.15, 0.2) is 21.7 Å². The maximum atomic E-state index is 12.6. The topological polar surface area (TPSA) is 111 Å². The minimum atomic E-state index is -3.67. The van der Waals surface area contributed by atoms with Crippen LogP contribution < -0.4 is 10.5 Å². The number of aromatic nitrogens is 2. The van der Waals surface area contributed by atoms with Crippen LogP contribution in [0.4, 0.5) is 0 Å². The van der Waals surface area contributed by atoms with Crippen LogP contribution in [0.2, 0.25) is 0 Å². The number of hydrogen-bond donors (Lipinski definition) is 2. The molecule has 7 nitrogen and oxygen atoms in total. The molecule has 1 saturated carbocycles. The molecule has 2 aromatic rings. The zero-order chi connectivity index (χ0) is 17.2. The van der Waals surface area contributed by atoms with E-state index in [2.05, 4.69) is 14.9 Å². The van der Waals surface area contributed by atoms with Gasteiger partial charge in [-0.3, -0.25) is 0 Å². The first-order chi connectivity index (χ1) is 11.4. The fourth-order valence-electron chi connectivity index (χ4n) is 3.19. The number of fused-ring (bicyclic) bond motifs is 1. The molecule has 0 bridgehead atoms. The number of nitrogens with zero attached hydrogens (tertiary/aromatic N) is 2. The Morgan fingerprint density at radius 2 is 1.96 bits per heavy atom. The van der Waals surface area contributed by atoms with Gasteiger partial charge in [-0.25, -0.2) is 18.1 Å². The predicted octanol–water partition coefficient (Wildman–Crippen LogP) is 2.54. The molecule has 1 aliphatic rings. The number of hydrogen-bond acceptors (Lipinski definition) is 6. The van der Waals surface area contributed by atoms with Gasteiger partial charge in [0.15, 0.2) is 0 Å². The molecule has 0 spiro atoms. The fourth-order valence-corrected chi connectivity index (χ4v) is 4.30. The molecule has 0 aliphatic heterocycles. The highest BCUT2D eigenvalue weighted by Gasteiger charge is 2.28. The average Bonchev–Trinajstić information content (AvgIpc) is 2.86. The van der Waals surface area contributed by atoms with Gasteiger partial charge in [-0.05, 0) is 25.3 Å². The van der Waals surface area contributed by atoms with E-state index in [1.165, 1.54) is 19.0 Å². The van der Waals surface area contributed by atoms with Crippen molar-refractivity contribution < 1.29 is 12.9 Å². The fraction of sp³-hybridized carbons (Fsp3) is 0.625. The van der Waals surface area contributed by atoms with Gasteiger partial charge in [0.05, 0.1) is 17.3 Å². The molecule has 3 N–H and O–H groups in total. The van der Waals surface area contributed by atoms with Crippen LogP contribution in [0.1, 0.15) is 51.1 Å². The van der Waals surface area contributed by atoms with E-state index in [1.54, 1.807) is 6.07 Å². The smallest absolute Gasteiger partial charge is 0.258 e. The summed E-state index contributed by atoms with van der Waals surface area (Å²) in [5.41, 5.74) is 6.99. The first-order valence-corrected chi connectivity index (χ1v) is 9.95. The summed E-state index contributed by atoms with van der Waals surface area (Å²) in [5, 5.41) is 4.54. The first-order valence-electron chi connectivity index (χ1n) is 8.46. The van der Waals surface area contributed by atoms with Crippen molar-refractivity contribution in [3.63, 3.8) is 0 Å². The molecule has 1 aliphatic carbocycles. The van der Waals surface area contributed by atoms with Crippen molar-refractivity contribution in [1.82, 2.24) is 14.9 Å². The van der Waals surface area contributed by atoms with E-state index in [0.29, 0.717) is 23.2 Å². The van der Waals surface area contributed by atoms with Gasteiger partial charge in [-0.1, -0.05) is 37.8 Å². The Morgan fingerprint density at radius 3 is 2.60 bits per heavy atom. The van der Waals surface area contributed by atoms with E-state index in [9.17, 15) is 8.42 Å². The van der Waals surface area contributed by atoms with Crippen molar-refractivity contribution in [2.24, 2.45) is 5.73 Å². The van der Waals surface area contributed by atoms with Crippen LogP contribution >= 0.6 is 12.4 Å². The van der Waals surface area contributed by atoms with Crippen molar-refractivity contribution in [2.45, 2.75) is 62.3 Å². The van der Waals surface area contributed by atoms with Crippen LogP contribution in [0.5, 0.6) is 0 Å². The molecule has 0 radical (unpaired) electrons. The monoisotopic (exact) mass is 388 g/mol.